The van der Waals surface area contributed by atoms with Gasteiger partial charge in [-0.15, -0.1) is 0 Å². The molecule has 2 aromatic carbocycles. The highest BCUT2D eigenvalue weighted by Gasteiger charge is 2.25. The van der Waals surface area contributed by atoms with Crippen molar-refractivity contribution in [3.05, 3.63) is 53.7 Å². The van der Waals surface area contributed by atoms with Gasteiger partial charge in [0.1, 0.15) is 27.5 Å². The molecule has 10 nitrogen and oxygen atoms in total. The van der Waals surface area contributed by atoms with Crippen molar-refractivity contribution in [3.63, 3.8) is 0 Å². The zero-order valence-corrected chi connectivity index (χ0v) is 23.6. The number of likely N-dealkylation sites (tertiary alicyclic amines) is 1. The number of sulfonamides is 1. The van der Waals surface area contributed by atoms with E-state index in [0.29, 0.717) is 17.1 Å². The van der Waals surface area contributed by atoms with E-state index in [9.17, 15) is 8.42 Å². The molecule has 0 unspecified atom stereocenters. The summed E-state index contributed by atoms with van der Waals surface area (Å²) in [5, 5.41) is 6.48. The third-order valence-electron chi connectivity index (χ3n) is 6.92. The first-order valence-electron chi connectivity index (χ1n) is 13.0. The molecule has 1 aliphatic carbocycles. The third-order valence-corrected chi connectivity index (χ3v) is 8.78. The Hall–Kier alpha value is -3.12. The zero-order valence-electron chi connectivity index (χ0n) is 22.0. The molecule has 1 saturated heterocycles. The summed E-state index contributed by atoms with van der Waals surface area (Å²) in [4.78, 5) is 11.2. The fourth-order valence-electron chi connectivity index (χ4n) is 4.93. The number of methoxy groups -OCH3 is 1. The number of rotatable bonds is 10. The van der Waals surface area contributed by atoms with Crippen molar-refractivity contribution < 1.29 is 17.9 Å². The lowest BCUT2D eigenvalue weighted by Gasteiger charge is -2.17. The molecule has 3 N–H and O–H groups in total. The van der Waals surface area contributed by atoms with Crippen LogP contribution in [0.1, 0.15) is 32.1 Å². The van der Waals surface area contributed by atoms with Crippen LogP contribution in [0.5, 0.6) is 11.5 Å². The Morgan fingerprint density at radius 3 is 2.59 bits per heavy atom. The van der Waals surface area contributed by atoms with Crippen LogP contribution < -0.4 is 24.8 Å². The zero-order chi connectivity index (χ0) is 27.4. The van der Waals surface area contributed by atoms with Crippen LogP contribution in [-0.4, -0.2) is 62.7 Å². The van der Waals surface area contributed by atoms with Crippen molar-refractivity contribution in [2.75, 3.05) is 37.9 Å². The number of anilines is 4. The molecule has 1 aliphatic heterocycles. The minimum Gasteiger partial charge on any atom is -0.494 e. The van der Waals surface area contributed by atoms with E-state index < -0.39 is 10.0 Å². The van der Waals surface area contributed by atoms with Crippen LogP contribution in [0.25, 0.3) is 0 Å². The monoisotopic (exact) mass is 572 g/mol. The normalized spacial score (nSPS) is 18.3. The van der Waals surface area contributed by atoms with Gasteiger partial charge in [0.15, 0.2) is 5.82 Å². The number of hydrogen-bond donors (Lipinski definition) is 3. The van der Waals surface area contributed by atoms with E-state index in [1.54, 1.807) is 31.4 Å². The van der Waals surface area contributed by atoms with Crippen molar-refractivity contribution >= 4 is 44.8 Å². The largest absolute Gasteiger partial charge is 0.494 e. The number of nitrogens with one attached hydrogen (secondary N) is 3. The van der Waals surface area contributed by atoms with Crippen molar-refractivity contribution in [1.29, 1.82) is 0 Å². The van der Waals surface area contributed by atoms with Crippen LogP contribution in [0.2, 0.25) is 5.02 Å². The van der Waals surface area contributed by atoms with Gasteiger partial charge in [0.2, 0.25) is 16.0 Å². The average molecular weight is 573 g/mol. The molecular formula is C27H33ClN6O4S. The highest BCUT2D eigenvalue weighted by atomic mass is 35.5. The molecule has 1 aromatic heterocycles. The Morgan fingerprint density at radius 2 is 1.85 bits per heavy atom. The Balaban J connectivity index is 1.33. The summed E-state index contributed by atoms with van der Waals surface area (Å²) in [6, 6.07) is 12.2. The lowest BCUT2D eigenvalue weighted by atomic mass is 10.2. The quantitative estimate of drug-likeness (QED) is 0.311. The van der Waals surface area contributed by atoms with Crippen LogP contribution in [-0.2, 0) is 10.0 Å². The molecule has 208 valence electrons. The smallest absolute Gasteiger partial charge is 0.242 e. The molecule has 1 atom stereocenters. The Kier molecular flexibility index (Phi) is 8.41. The maximum absolute atomic E-state index is 13.2. The fourth-order valence-corrected chi connectivity index (χ4v) is 6.53. The number of benzene rings is 2. The molecule has 3 aromatic rings. The summed E-state index contributed by atoms with van der Waals surface area (Å²) in [5.41, 5.74) is 1.01. The maximum atomic E-state index is 13.2. The molecule has 0 amide bonds. The topological polar surface area (TPSA) is 118 Å². The van der Waals surface area contributed by atoms with Crippen molar-refractivity contribution in [2.45, 2.75) is 49.1 Å². The van der Waals surface area contributed by atoms with Crippen LogP contribution in [0, 0.1) is 0 Å². The number of halogens is 1. The Bertz CT molecular complexity index is 1420. The van der Waals surface area contributed by atoms with E-state index in [2.05, 4.69) is 37.3 Å². The van der Waals surface area contributed by atoms with Gasteiger partial charge in [-0.1, -0.05) is 36.6 Å². The minimum absolute atomic E-state index is 0.0484. The van der Waals surface area contributed by atoms with E-state index in [1.807, 2.05) is 18.2 Å². The number of para-hydroxylation sites is 1. The van der Waals surface area contributed by atoms with Crippen molar-refractivity contribution in [2.24, 2.45) is 0 Å². The highest BCUT2D eigenvalue weighted by molar-refractivity contribution is 7.89. The van der Waals surface area contributed by atoms with Gasteiger partial charge in [0.05, 0.1) is 24.7 Å². The number of ether oxygens (including phenoxy) is 2. The molecule has 12 heteroatoms. The second-order valence-electron chi connectivity index (χ2n) is 9.89. The van der Waals surface area contributed by atoms with E-state index in [0.717, 1.165) is 50.9 Å². The van der Waals surface area contributed by atoms with E-state index in [1.165, 1.54) is 6.20 Å². The van der Waals surface area contributed by atoms with Gasteiger partial charge in [0, 0.05) is 25.2 Å². The van der Waals surface area contributed by atoms with E-state index in [4.69, 9.17) is 21.1 Å². The molecule has 5 rings (SSSR count). The van der Waals surface area contributed by atoms with Crippen LogP contribution >= 0.6 is 11.6 Å². The van der Waals surface area contributed by atoms with Crippen LogP contribution in [0.4, 0.5) is 23.1 Å². The van der Waals surface area contributed by atoms with Gasteiger partial charge in [-0.3, -0.25) is 0 Å². The number of hydrogen-bond acceptors (Lipinski definition) is 9. The molecule has 0 bridgehead atoms. The average Bonchev–Trinajstić information content (AvgIpc) is 3.58. The molecule has 1 saturated carbocycles. The van der Waals surface area contributed by atoms with Crippen LogP contribution in [0.15, 0.2) is 53.6 Å². The standard InChI is InChI=1S/C27H33ClN6O4S/c1-34-14-13-20(17-34)38-19-11-12-22(24(15-19)37-2)31-27-29-16-21(28)26(32-27)30-23-9-5-6-10-25(23)39(35,36)33-18-7-3-4-8-18/h5-6,9-12,15-16,18,20,33H,3-4,7-8,13-14,17H2,1-2H3,(H2,29,30,31,32)/t20-/m0/s1. The Labute approximate surface area is 234 Å². The van der Waals surface area contributed by atoms with Gasteiger partial charge in [0.25, 0.3) is 0 Å². The molecule has 39 heavy (non-hydrogen) atoms. The van der Waals surface area contributed by atoms with Crippen molar-refractivity contribution in [3.8, 4) is 11.5 Å². The summed E-state index contributed by atoms with van der Waals surface area (Å²) in [7, 11) is -0.0726. The molecular weight excluding hydrogens is 540 g/mol. The third kappa shape index (κ3) is 6.73. The summed E-state index contributed by atoms with van der Waals surface area (Å²) >= 11 is 6.40. The first-order valence-corrected chi connectivity index (χ1v) is 14.9. The van der Waals surface area contributed by atoms with Crippen LogP contribution in [0.3, 0.4) is 0 Å². The summed E-state index contributed by atoms with van der Waals surface area (Å²) in [6.45, 7) is 1.90. The molecule has 2 aliphatic rings. The highest BCUT2D eigenvalue weighted by Crippen LogP contribution is 2.34. The predicted molar refractivity (Wildman–Crippen MR) is 152 cm³/mol. The first kappa shape index (κ1) is 27.4. The van der Waals surface area contributed by atoms with Gasteiger partial charge in [-0.05, 0) is 50.6 Å². The summed E-state index contributed by atoms with van der Waals surface area (Å²) in [6.07, 6.45) is 6.32. The molecule has 0 radical (unpaired) electrons. The van der Waals surface area contributed by atoms with Gasteiger partial charge in [-0.25, -0.2) is 18.1 Å². The summed E-state index contributed by atoms with van der Waals surface area (Å²) < 4.78 is 40.8. The molecule has 2 heterocycles. The van der Waals surface area contributed by atoms with Gasteiger partial charge in [-0.2, -0.15) is 4.98 Å². The second-order valence-corrected chi connectivity index (χ2v) is 12.0. The first-order chi connectivity index (χ1) is 18.8. The summed E-state index contributed by atoms with van der Waals surface area (Å²) in [5.74, 6) is 1.82. The van der Waals surface area contributed by atoms with E-state index >= 15 is 0 Å². The number of aromatic nitrogens is 2. The predicted octanol–water partition coefficient (Wildman–Crippen LogP) is 4.93. The lowest BCUT2D eigenvalue weighted by molar-refractivity contribution is 0.207. The van der Waals surface area contributed by atoms with Gasteiger partial charge < -0.3 is 25.0 Å². The number of likely N-dealkylation sites (N-methyl/N-ethyl adjacent to an activating group) is 1. The molecule has 0 spiro atoms. The SMILES string of the molecule is COc1cc(O[C@H]2CCN(C)C2)ccc1Nc1ncc(Cl)c(Nc2ccccc2S(=O)(=O)NC2CCCC2)n1. The Morgan fingerprint density at radius 1 is 1.05 bits per heavy atom. The number of nitrogens with zero attached hydrogens (tertiary/aromatic N) is 3. The molecule has 2 fully saturated rings. The van der Waals surface area contributed by atoms with E-state index in [-0.39, 0.29) is 33.8 Å². The fraction of sp³-hybridized carbons (Fsp3) is 0.407. The van der Waals surface area contributed by atoms with Crippen molar-refractivity contribution in [1.82, 2.24) is 19.6 Å². The lowest BCUT2D eigenvalue weighted by Crippen LogP contribution is -2.33. The maximum Gasteiger partial charge on any atom is 0.242 e. The van der Waals surface area contributed by atoms with Gasteiger partial charge >= 0.3 is 0 Å². The minimum atomic E-state index is -3.74. The second kappa shape index (κ2) is 12.0.